The molecule has 1 fully saturated rings. The first-order chi connectivity index (χ1) is 8.60. The standard InChI is InChI=1S/C14H21ClN2S/c1-9-6-10(2)14(12(7-9)16-3)18-13-5-4-11(15)8-17-13/h4-5,8-10,12,14,16H,6-7H2,1-3H3. The van der Waals surface area contributed by atoms with Gasteiger partial charge in [0.05, 0.1) is 10.0 Å². The van der Waals surface area contributed by atoms with Gasteiger partial charge in [-0.25, -0.2) is 4.98 Å². The van der Waals surface area contributed by atoms with Crippen LogP contribution in [0.4, 0.5) is 0 Å². The van der Waals surface area contributed by atoms with Crippen LogP contribution < -0.4 is 5.32 Å². The van der Waals surface area contributed by atoms with Crippen LogP contribution in [-0.2, 0) is 0 Å². The monoisotopic (exact) mass is 284 g/mol. The van der Waals surface area contributed by atoms with Crippen LogP contribution in [0.2, 0.25) is 5.02 Å². The van der Waals surface area contributed by atoms with Crippen LogP contribution in [0.3, 0.4) is 0 Å². The Bertz CT molecular complexity index is 382. The fourth-order valence-electron chi connectivity index (χ4n) is 2.88. The number of hydrogen-bond donors (Lipinski definition) is 1. The van der Waals surface area contributed by atoms with E-state index in [1.165, 1.54) is 12.8 Å². The molecule has 2 rings (SSSR count). The Morgan fingerprint density at radius 2 is 2.11 bits per heavy atom. The van der Waals surface area contributed by atoms with E-state index in [9.17, 15) is 0 Å². The van der Waals surface area contributed by atoms with Gasteiger partial charge in [-0.15, -0.1) is 11.8 Å². The SMILES string of the molecule is CNC1CC(C)CC(C)C1Sc1ccc(Cl)cn1. The maximum atomic E-state index is 5.87. The topological polar surface area (TPSA) is 24.9 Å². The molecule has 4 unspecified atom stereocenters. The second kappa shape index (κ2) is 6.27. The molecular formula is C14H21ClN2S. The molecule has 1 aromatic rings. The van der Waals surface area contributed by atoms with E-state index in [1.807, 2.05) is 23.9 Å². The largest absolute Gasteiger partial charge is 0.316 e. The molecule has 1 aliphatic rings. The highest BCUT2D eigenvalue weighted by Crippen LogP contribution is 2.39. The van der Waals surface area contributed by atoms with Crippen LogP contribution in [0, 0.1) is 11.8 Å². The number of thioether (sulfide) groups is 1. The number of rotatable bonds is 3. The van der Waals surface area contributed by atoms with Crippen molar-refractivity contribution in [1.82, 2.24) is 10.3 Å². The van der Waals surface area contributed by atoms with Gasteiger partial charge in [-0.2, -0.15) is 0 Å². The molecule has 0 radical (unpaired) electrons. The third kappa shape index (κ3) is 3.40. The number of halogens is 1. The van der Waals surface area contributed by atoms with Crippen molar-refractivity contribution in [3.05, 3.63) is 23.4 Å². The minimum atomic E-state index is 0.575. The van der Waals surface area contributed by atoms with Crippen LogP contribution in [0.5, 0.6) is 0 Å². The van der Waals surface area contributed by atoms with E-state index in [1.54, 1.807) is 6.20 Å². The quantitative estimate of drug-likeness (QED) is 0.913. The summed E-state index contributed by atoms with van der Waals surface area (Å²) in [5, 5.41) is 5.85. The van der Waals surface area contributed by atoms with Gasteiger partial charge >= 0.3 is 0 Å². The highest BCUT2D eigenvalue weighted by Gasteiger charge is 2.33. The Morgan fingerprint density at radius 3 is 2.72 bits per heavy atom. The maximum absolute atomic E-state index is 5.87. The van der Waals surface area contributed by atoms with Gasteiger partial charge in [0.25, 0.3) is 0 Å². The fourth-order valence-corrected chi connectivity index (χ4v) is 4.29. The average molecular weight is 285 g/mol. The van der Waals surface area contributed by atoms with E-state index < -0.39 is 0 Å². The first-order valence-electron chi connectivity index (χ1n) is 6.55. The summed E-state index contributed by atoms with van der Waals surface area (Å²) in [6, 6.07) is 4.51. The van der Waals surface area contributed by atoms with Crippen molar-refractivity contribution in [2.75, 3.05) is 7.05 Å². The minimum absolute atomic E-state index is 0.575. The minimum Gasteiger partial charge on any atom is -0.316 e. The van der Waals surface area contributed by atoms with Crippen molar-refractivity contribution >= 4 is 23.4 Å². The van der Waals surface area contributed by atoms with E-state index in [-0.39, 0.29) is 0 Å². The molecule has 1 N–H and O–H groups in total. The molecule has 0 spiro atoms. The van der Waals surface area contributed by atoms with Crippen molar-refractivity contribution in [2.24, 2.45) is 11.8 Å². The van der Waals surface area contributed by atoms with Gasteiger partial charge in [0.1, 0.15) is 0 Å². The Labute approximate surface area is 119 Å². The lowest BCUT2D eigenvalue weighted by atomic mass is 9.80. The average Bonchev–Trinajstić information content (AvgIpc) is 2.34. The molecule has 2 nitrogen and oxygen atoms in total. The molecular weight excluding hydrogens is 264 g/mol. The highest BCUT2D eigenvalue weighted by atomic mass is 35.5. The third-order valence-corrected chi connectivity index (χ3v) is 5.49. The molecule has 1 heterocycles. The summed E-state index contributed by atoms with van der Waals surface area (Å²) in [4.78, 5) is 4.40. The first kappa shape index (κ1) is 14.2. The van der Waals surface area contributed by atoms with Crippen LogP contribution in [0.1, 0.15) is 26.7 Å². The van der Waals surface area contributed by atoms with Gasteiger partial charge in [-0.3, -0.25) is 0 Å². The molecule has 1 aliphatic carbocycles. The number of nitrogens with zero attached hydrogens (tertiary/aromatic N) is 1. The number of nitrogens with one attached hydrogen (secondary N) is 1. The normalized spacial score (nSPS) is 32.4. The number of aromatic nitrogens is 1. The Morgan fingerprint density at radius 1 is 1.33 bits per heavy atom. The van der Waals surface area contributed by atoms with Crippen LogP contribution >= 0.6 is 23.4 Å². The van der Waals surface area contributed by atoms with Crippen LogP contribution in [0.15, 0.2) is 23.4 Å². The van der Waals surface area contributed by atoms with Crippen LogP contribution in [0.25, 0.3) is 0 Å². The van der Waals surface area contributed by atoms with E-state index in [0.717, 1.165) is 10.9 Å². The molecule has 18 heavy (non-hydrogen) atoms. The molecule has 4 heteroatoms. The summed E-state index contributed by atoms with van der Waals surface area (Å²) in [5.74, 6) is 1.53. The van der Waals surface area contributed by atoms with Gasteiger partial charge in [0.2, 0.25) is 0 Å². The predicted octanol–water partition coefficient (Wildman–Crippen LogP) is 3.85. The first-order valence-corrected chi connectivity index (χ1v) is 7.81. The fraction of sp³-hybridized carbons (Fsp3) is 0.643. The van der Waals surface area contributed by atoms with E-state index in [4.69, 9.17) is 11.6 Å². The van der Waals surface area contributed by atoms with Crippen molar-refractivity contribution in [3.63, 3.8) is 0 Å². The molecule has 1 aromatic heterocycles. The van der Waals surface area contributed by atoms with E-state index >= 15 is 0 Å². The predicted molar refractivity (Wildman–Crippen MR) is 79.3 cm³/mol. The van der Waals surface area contributed by atoms with Gasteiger partial charge in [-0.05, 0) is 43.9 Å². The van der Waals surface area contributed by atoms with E-state index in [2.05, 4.69) is 31.2 Å². The van der Waals surface area contributed by atoms with Crippen molar-refractivity contribution in [2.45, 2.75) is 43.0 Å². The second-order valence-corrected chi connectivity index (χ2v) is 6.98. The summed E-state index contributed by atoms with van der Waals surface area (Å²) >= 11 is 7.76. The van der Waals surface area contributed by atoms with Crippen molar-refractivity contribution in [1.29, 1.82) is 0 Å². The zero-order valence-corrected chi connectivity index (χ0v) is 12.8. The lowest BCUT2D eigenvalue weighted by Crippen LogP contribution is -2.44. The summed E-state index contributed by atoms with van der Waals surface area (Å²) in [5.41, 5.74) is 0. The molecule has 0 amide bonds. The van der Waals surface area contributed by atoms with Gasteiger partial charge in [0, 0.05) is 17.5 Å². The Kier molecular flexibility index (Phi) is 4.93. The lowest BCUT2D eigenvalue weighted by molar-refractivity contribution is 0.257. The summed E-state index contributed by atoms with van der Waals surface area (Å²) in [6.07, 6.45) is 4.30. The Hall–Kier alpha value is -0.250. The number of pyridine rings is 1. The summed E-state index contributed by atoms with van der Waals surface area (Å²) < 4.78 is 0. The molecule has 4 atom stereocenters. The molecule has 0 aliphatic heterocycles. The zero-order chi connectivity index (χ0) is 13.1. The third-order valence-electron chi connectivity index (χ3n) is 3.72. The molecule has 0 aromatic carbocycles. The zero-order valence-electron chi connectivity index (χ0n) is 11.2. The number of hydrogen-bond acceptors (Lipinski definition) is 3. The Balaban J connectivity index is 2.08. The van der Waals surface area contributed by atoms with Crippen LogP contribution in [-0.4, -0.2) is 23.3 Å². The second-order valence-electron chi connectivity index (χ2n) is 5.35. The van der Waals surface area contributed by atoms with Gasteiger partial charge < -0.3 is 5.32 Å². The van der Waals surface area contributed by atoms with Gasteiger partial charge in [-0.1, -0.05) is 25.4 Å². The molecule has 0 bridgehead atoms. The van der Waals surface area contributed by atoms with Crippen molar-refractivity contribution < 1.29 is 0 Å². The highest BCUT2D eigenvalue weighted by molar-refractivity contribution is 7.99. The molecule has 100 valence electrons. The van der Waals surface area contributed by atoms with Crippen molar-refractivity contribution in [3.8, 4) is 0 Å². The maximum Gasteiger partial charge on any atom is 0.0964 e. The lowest BCUT2D eigenvalue weighted by Gasteiger charge is -2.38. The van der Waals surface area contributed by atoms with E-state index in [0.29, 0.717) is 22.2 Å². The smallest absolute Gasteiger partial charge is 0.0964 e. The molecule has 0 saturated heterocycles. The van der Waals surface area contributed by atoms with Gasteiger partial charge in [0.15, 0.2) is 0 Å². The summed E-state index contributed by atoms with van der Waals surface area (Å²) in [6.45, 7) is 4.70. The molecule has 1 saturated carbocycles. The summed E-state index contributed by atoms with van der Waals surface area (Å²) in [7, 11) is 2.07.